The van der Waals surface area contributed by atoms with Crippen LogP contribution >= 0.6 is 0 Å². The summed E-state index contributed by atoms with van der Waals surface area (Å²) in [5, 5.41) is 22.9. The number of rotatable bonds is 51. The average molecular weight is 874 g/mol. The monoisotopic (exact) mass is 874 g/mol. The van der Waals surface area contributed by atoms with Crippen LogP contribution in [0, 0.1) is 0 Å². The zero-order chi connectivity index (χ0) is 45.1. The minimum Gasteiger partial charge on any atom is -0.466 e. The number of allylic oxidation sites excluding steroid dienone is 3. The summed E-state index contributed by atoms with van der Waals surface area (Å²) in [6.07, 6.45) is 62.0. The molecule has 3 N–H and O–H groups in total. The molecule has 62 heavy (non-hydrogen) atoms. The van der Waals surface area contributed by atoms with Gasteiger partial charge in [0.2, 0.25) is 5.91 Å². The topological polar surface area (TPSA) is 95.9 Å². The molecule has 1 amide bonds. The molecule has 0 fully saturated rings. The van der Waals surface area contributed by atoms with Crippen LogP contribution in [0.1, 0.15) is 296 Å². The number of esters is 1. The molecule has 6 nitrogen and oxygen atoms in total. The van der Waals surface area contributed by atoms with Crippen molar-refractivity contribution >= 4 is 11.9 Å². The first-order valence-electron chi connectivity index (χ1n) is 27.6. The molecule has 0 aliphatic carbocycles. The molecule has 0 rings (SSSR count). The van der Waals surface area contributed by atoms with Gasteiger partial charge in [0.15, 0.2) is 0 Å². The van der Waals surface area contributed by atoms with Gasteiger partial charge in [0.25, 0.3) is 0 Å². The molecule has 0 saturated heterocycles. The van der Waals surface area contributed by atoms with E-state index in [-0.39, 0.29) is 18.5 Å². The third-order valence-corrected chi connectivity index (χ3v) is 12.7. The summed E-state index contributed by atoms with van der Waals surface area (Å²) in [5.74, 6) is -0.0713. The van der Waals surface area contributed by atoms with E-state index in [1.165, 1.54) is 225 Å². The molecule has 0 aliphatic heterocycles. The molecule has 0 heterocycles. The van der Waals surface area contributed by atoms with Crippen molar-refractivity contribution in [3.63, 3.8) is 0 Å². The summed E-state index contributed by atoms with van der Waals surface area (Å²) in [6, 6.07) is -0.628. The number of ether oxygens (including phenoxy) is 1. The smallest absolute Gasteiger partial charge is 0.305 e. The van der Waals surface area contributed by atoms with E-state index in [1.54, 1.807) is 6.08 Å². The Bertz CT molecular complexity index is 966. The van der Waals surface area contributed by atoms with Gasteiger partial charge in [-0.05, 0) is 57.8 Å². The van der Waals surface area contributed by atoms with Crippen LogP contribution in [-0.2, 0) is 14.3 Å². The number of unbranched alkanes of at least 4 members (excludes halogenated alkanes) is 38. The molecule has 0 radical (unpaired) electrons. The molecule has 0 aliphatic rings. The zero-order valence-electron chi connectivity index (χ0n) is 41.6. The molecular weight excluding hydrogens is 767 g/mol. The van der Waals surface area contributed by atoms with Gasteiger partial charge in [-0.1, -0.05) is 250 Å². The highest BCUT2D eigenvalue weighted by Gasteiger charge is 2.18. The van der Waals surface area contributed by atoms with Gasteiger partial charge in [-0.2, -0.15) is 0 Å². The van der Waals surface area contributed by atoms with E-state index in [4.69, 9.17) is 4.74 Å². The Morgan fingerprint density at radius 2 is 0.758 bits per heavy atom. The number of hydrogen-bond donors (Lipinski definition) is 3. The zero-order valence-corrected chi connectivity index (χ0v) is 41.6. The maximum absolute atomic E-state index is 12.4. The van der Waals surface area contributed by atoms with Crippen LogP contribution in [0.5, 0.6) is 0 Å². The standard InChI is InChI=1S/C56H107NO5/c1-3-5-7-9-11-13-14-15-16-17-21-24-27-30-34-38-42-46-50-56(61)62-51-47-43-39-35-31-28-25-22-19-18-20-23-26-29-33-37-41-45-49-55(60)57-53(52-58)54(59)48-44-40-36-32-12-10-8-6-4-2/h16-17,44,48,53-54,58-59H,3-15,18-43,45-47,49-52H2,1-2H3,(H,57,60)/b17-16-,48-44+. The number of aliphatic hydroxyl groups excluding tert-OH is 2. The van der Waals surface area contributed by atoms with Crippen LogP contribution < -0.4 is 5.32 Å². The van der Waals surface area contributed by atoms with E-state index in [9.17, 15) is 19.8 Å². The highest BCUT2D eigenvalue weighted by Crippen LogP contribution is 2.16. The van der Waals surface area contributed by atoms with Gasteiger partial charge in [0.05, 0.1) is 25.4 Å². The van der Waals surface area contributed by atoms with Gasteiger partial charge < -0.3 is 20.3 Å². The quantitative estimate of drug-likeness (QED) is 0.0321. The van der Waals surface area contributed by atoms with Crippen molar-refractivity contribution in [2.24, 2.45) is 0 Å². The summed E-state index contributed by atoms with van der Waals surface area (Å²) < 4.78 is 5.48. The number of carbonyl (C=O) groups is 2. The molecule has 0 aromatic carbocycles. The van der Waals surface area contributed by atoms with Gasteiger partial charge in [0, 0.05) is 12.8 Å². The Balaban J connectivity index is 3.38. The fourth-order valence-corrected chi connectivity index (χ4v) is 8.45. The van der Waals surface area contributed by atoms with E-state index in [1.807, 2.05) is 6.08 Å². The summed E-state index contributed by atoms with van der Waals surface area (Å²) in [7, 11) is 0. The van der Waals surface area contributed by atoms with Crippen LogP contribution in [-0.4, -0.2) is 47.4 Å². The molecule has 6 heteroatoms. The van der Waals surface area contributed by atoms with Gasteiger partial charge in [-0.25, -0.2) is 0 Å². The Hall–Kier alpha value is -1.66. The second-order valence-electron chi connectivity index (χ2n) is 18.9. The third-order valence-electron chi connectivity index (χ3n) is 12.7. The first-order chi connectivity index (χ1) is 30.5. The molecule has 2 atom stereocenters. The maximum atomic E-state index is 12.4. The molecule has 0 saturated carbocycles. The van der Waals surface area contributed by atoms with Crippen LogP contribution in [0.15, 0.2) is 24.3 Å². The number of nitrogens with one attached hydrogen (secondary N) is 1. The SMILES string of the molecule is CCCCCCCCC/C=C\CCCCCCCCCC(=O)OCCCCCCCCCCCCCCCCCCCCC(=O)NC(CO)C(O)/C=C/CCCCCCCCC. The number of hydrogen-bond acceptors (Lipinski definition) is 5. The summed E-state index contributed by atoms with van der Waals surface area (Å²) >= 11 is 0. The Labute approximate surface area is 386 Å². The van der Waals surface area contributed by atoms with Gasteiger partial charge >= 0.3 is 5.97 Å². The lowest BCUT2D eigenvalue weighted by Crippen LogP contribution is -2.45. The van der Waals surface area contributed by atoms with Crippen molar-refractivity contribution in [1.82, 2.24) is 5.32 Å². The fourth-order valence-electron chi connectivity index (χ4n) is 8.45. The van der Waals surface area contributed by atoms with Crippen molar-refractivity contribution in [3.8, 4) is 0 Å². The Morgan fingerprint density at radius 1 is 0.435 bits per heavy atom. The van der Waals surface area contributed by atoms with Gasteiger partial charge in [-0.3, -0.25) is 9.59 Å². The van der Waals surface area contributed by atoms with E-state index >= 15 is 0 Å². The van der Waals surface area contributed by atoms with Crippen LogP contribution in [0.4, 0.5) is 0 Å². The van der Waals surface area contributed by atoms with Crippen LogP contribution in [0.2, 0.25) is 0 Å². The normalized spacial score (nSPS) is 12.8. The molecule has 0 aromatic rings. The summed E-state index contributed by atoms with van der Waals surface area (Å²) in [6.45, 7) is 4.87. The van der Waals surface area contributed by atoms with Gasteiger partial charge in [0.1, 0.15) is 0 Å². The lowest BCUT2D eigenvalue weighted by atomic mass is 10.0. The second kappa shape index (κ2) is 52.0. The molecular formula is C56H107NO5. The van der Waals surface area contributed by atoms with Crippen molar-refractivity contribution in [1.29, 1.82) is 0 Å². The highest BCUT2D eigenvalue weighted by atomic mass is 16.5. The number of amides is 1. The second-order valence-corrected chi connectivity index (χ2v) is 18.9. The molecule has 0 spiro atoms. The van der Waals surface area contributed by atoms with E-state index in [0.29, 0.717) is 19.4 Å². The van der Waals surface area contributed by atoms with Crippen molar-refractivity contribution in [3.05, 3.63) is 24.3 Å². The van der Waals surface area contributed by atoms with Crippen LogP contribution in [0.25, 0.3) is 0 Å². The molecule has 2 unspecified atom stereocenters. The average Bonchev–Trinajstić information content (AvgIpc) is 3.27. The van der Waals surface area contributed by atoms with Crippen molar-refractivity contribution < 1.29 is 24.5 Å². The van der Waals surface area contributed by atoms with Gasteiger partial charge in [-0.15, -0.1) is 0 Å². The van der Waals surface area contributed by atoms with E-state index in [2.05, 4.69) is 31.3 Å². The fraction of sp³-hybridized carbons (Fsp3) is 0.893. The number of aliphatic hydroxyl groups is 2. The predicted molar refractivity (Wildman–Crippen MR) is 269 cm³/mol. The predicted octanol–water partition coefficient (Wildman–Crippen LogP) is 16.7. The maximum Gasteiger partial charge on any atom is 0.305 e. The lowest BCUT2D eigenvalue weighted by Gasteiger charge is -2.20. The minimum absolute atomic E-state index is 0.00325. The highest BCUT2D eigenvalue weighted by molar-refractivity contribution is 5.76. The number of carbonyl (C=O) groups excluding carboxylic acids is 2. The van der Waals surface area contributed by atoms with Crippen molar-refractivity contribution in [2.45, 2.75) is 309 Å². The van der Waals surface area contributed by atoms with Crippen molar-refractivity contribution in [2.75, 3.05) is 13.2 Å². The third kappa shape index (κ3) is 47.8. The Morgan fingerprint density at radius 3 is 1.15 bits per heavy atom. The van der Waals surface area contributed by atoms with E-state index in [0.717, 1.165) is 44.9 Å². The molecule has 0 aromatic heterocycles. The molecule has 366 valence electrons. The largest absolute Gasteiger partial charge is 0.466 e. The summed E-state index contributed by atoms with van der Waals surface area (Å²) in [5.41, 5.74) is 0. The molecule has 0 bridgehead atoms. The summed E-state index contributed by atoms with van der Waals surface area (Å²) in [4.78, 5) is 24.4. The van der Waals surface area contributed by atoms with Crippen LogP contribution in [0.3, 0.4) is 0 Å². The first-order valence-corrected chi connectivity index (χ1v) is 27.6. The van der Waals surface area contributed by atoms with E-state index < -0.39 is 12.1 Å². The first kappa shape index (κ1) is 60.3. The minimum atomic E-state index is -0.844. The Kier molecular flexibility index (Phi) is 50.6. The lowest BCUT2D eigenvalue weighted by molar-refractivity contribution is -0.143.